The van der Waals surface area contributed by atoms with E-state index in [0.717, 1.165) is 11.4 Å². The van der Waals surface area contributed by atoms with Gasteiger partial charge in [-0.3, -0.25) is 9.67 Å². The van der Waals surface area contributed by atoms with Crippen LogP contribution in [0.3, 0.4) is 0 Å². The van der Waals surface area contributed by atoms with Crippen LogP contribution in [0.4, 0.5) is 5.69 Å². The van der Waals surface area contributed by atoms with Crippen molar-refractivity contribution in [2.75, 3.05) is 11.6 Å². The van der Waals surface area contributed by atoms with Gasteiger partial charge in [0, 0.05) is 13.2 Å². The molecule has 0 N–H and O–H groups in total. The highest BCUT2D eigenvalue weighted by molar-refractivity contribution is 6.68. The number of aromatic nitrogens is 2. The van der Waals surface area contributed by atoms with Gasteiger partial charge in [0.2, 0.25) is 0 Å². The van der Waals surface area contributed by atoms with E-state index in [-0.39, 0.29) is 0 Å². The van der Waals surface area contributed by atoms with Gasteiger partial charge < -0.3 is 4.90 Å². The van der Waals surface area contributed by atoms with Gasteiger partial charge in [-0.2, -0.15) is 5.10 Å². The zero-order chi connectivity index (χ0) is 10.1. The molecule has 0 saturated carbocycles. The van der Waals surface area contributed by atoms with Crippen LogP contribution in [0.1, 0.15) is 5.69 Å². The van der Waals surface area contributed by atoms with Crippen LogP contribution in [0.15, 0.2) is 23.5 Å². The second-order valence-corrected chi connectivity index (χ2v) is 3.53. The predicted octanol–water partition coefficient (Wildman–Crippen LogP) is 1.66. The Morgan fingerprint density at radius 1 is 1.50 bits per heavy atom. The lowest BCUT2D eigenvalue weighted by molar-refractivity contribution is 0.739. The molecule has 0 aliphatic carbocycles. The smallest absolute Gasteiger partial charge is 0.127 e. The summed E-state index contributed by atoms with van der Waals surface area (Å²) in [6.07, 6.45) is 5.52. The summed E-state index contributed by atoms with van der Waals surface area (Å²) in [4.78, 5) is 6.13. The van der Waals surface area contributed by atoms with E-state index in [2.05, 4.69) is 10.1 Å². The Kier molecular flexibility index (Phi) is 2.29. The zero-order valence-corrected chi connectivity index (χ0v) is 8.86. The Morgan fingerprint density at radius 2 is 2.29 bits per heavy atom. The van der Waals surface area contributed by atoms with Crippen molar-refractivity contribution in [2.24, 2.45) is 12.0 Å². The van der Waals surface area contributed by atoms with Crippen molar-refractivity contribution in [3.63, 3.8) is 0 Å². The molecular formula is C9H11ClN4. The molecule has 0 radical (unpaired) electrons. The molecule has 2 rings (SSSR count). The van der Waals surface area contributed by atoms with Gasteiger partial charge in [0.25, 0.3) is 0 Å². The molecule has 0 bridgehead atoms. The van der Waals surface area contributed by atoms with E-state index < -0.39 is 0 Å². The molecule has 0 aromatic carbocycles. The van der Waals surface area contributed by atoms with E-state index in [1.807, 2.05) is 35.9 Å². The first-order chi connectivity index (χ1) is 6.68. The third kappa shape index (κ3) is 1.53. The van der Waals surface area contributed by atoms with E-state index in [4.69, 9.17) is 11.6 Å². The number of aliphatic imine (C=N–C) groups is 1. The fourth-order valence-electron chi connectivity index (χ4n) is 1.32. The third-order valence-electron chi connectivity index (χ3n) is 2.28. The van der Waals surface area contributed by atoms with Crippen LogP contribution >= 0.6 is 11.6 Å². The molecule has 14 heavy (non-hydrogen) atoms. The Morgan fingerprint density at radius 3 is 2.79 bits per heavy atom. The first-order valence-corrected chi connectivity index (χ1v) is 4.69. The minimum Gasteiger partial charge on any atom is -0.325 e. The number of nitrogens with zero attached hydrogens (tertiary/aromatic N) is 4. The number of hydrogen-bond acceptors (Lipinski definition) is 3. The second kappa shape index (κ2) is 3.46. The van der Waals surface area contributed by atoms with Gasteiger partial charge in [-0.05, 0) is 13.0 Å². The Balaban J connectivity index is 2.26. The molecular weight excluding hydrogens is 200 g/mol. The Hall–Kier alpha value is -1.29. The van der Waals surface area contributed by atoms with Crippen molar-refractivity contribution in [2.45, 2.75) is 6.92 Å². The number of halogens is 1. The van der Waals surface area contributed by atoms with Crippen LogP contribution < -0.4 is 4.90 Å². The Bertz CT molecular complexity index is 405. The van der Waals surface area contributed by atoms with Gasteiger partial charge in [0.15, 0.2) is 0 Å². The molecule has 1 aromatic heterocycles. The first kappa shape index (κ1) is 9.27. The summed E-state index contributed by atoms with van der Waals surface area (Å²) in [6.45, 7) is 2.58. The van der Waals surface area contributed by atoms with E-state index in [1.54, 1.807) is 6.08 Å². The first-order valence-electron chi connectivity index (χ1n) is 4.32. The zero-order valence-electron chi connectivity index (χ0n) is 8.11. The minimum atomic E-state index is 0.544. The van der Waals surface area contributed by atoms with E-state index in [0.29, 0.717) is 11.8 Å². The summed E-state index contributed by atoms with van der Waals surface area (Å²) >= 11 is 5.73. The summed E-state index contributed by atoms with van der Waals surface area (Å²) in [5.41, 5.74) is 2.18. The molecule has 4 nitrogen and oxygen atoms in total. The maximum atomic E-state index is 5.73. The number of hydrogen-bond donors (Lipinski definition) is 0. The highest BCUT2D eigenvalue weighted by Gasteiger charge is 2.11. The lowest BCUT2D eigenvalue weighted by Crippen LogP contribution is -2.20. The van der Waals surface area contributed by atoms with Crippen LogP contribution in [0.2, 0.25) is 0 Å². The molecule has 0 saturated heterocycles. The Labute approximate surface area is 87.5 Å². The monoisotopic (exact) mass is 210 g/mol. The number of aryl methyl sites for hydroxylation is 1. The van der Waals surface area contributed by atoms with Crippen molar-refractivity contribution in [3.05, 3.63) is 24.2 Å². The second-order valence-electron chi connectivity index (χ2n) is 3.15. The molecule has 5 heteroatoms. The minimum absolute atomic E-state index is 0.544. The average Bonchev–Trinajstić information content (AvgIpc) is 2.50. The quantitative estimate of drug-likeness (QED) is 0.707. The van der Waals surface area contributed by atoms with Crippen molar-refractivity contribution in [1.82, 2.24) is 9.78 Å². The molecule has 0 spiro atoms. The van der Waals surface area contributed by atoms with Gasteiger partial charge >= 0.3 is 0 Å². The molecule has 2 heterocycles. The summed E-state index contributed by atoms with van der Waals surface area (Å²) in [6, 6.07) is 0. The largest absolute Gasteiger partial charge is 0.325 e. The van der Waals surface area contributed by atoms with Crippen molar-refractivity contribution >= 4 is 22.5 Å². The standard InChI is InChI=1S/C9H11ClN4/c1-7-8(5-12-13(7)2)14-4-3-9(10)11-6-14/h3-5H,6H2,1-2H3. The van der Waals surface area contributed by atoms with Gasteiger partial charge in [-0.15, -0.1) is 0 Å². The third-order valence-corrected chi connectivity index (χ3v) is 2.53. The SMILES string of the molecule is Cc1c(N2C=CC(Cl)=NC2)cnn1C. The number of anilines is 1. The fourth-order valence-corrected chi connectivity index (χ4v) is 1.43. The average molecular weight is 211 g/mol. The maximum absolute atomic E-state index is 5.73. The lowest BCUT2D eigenvalue weighted by atomic mass is 10.3. The predicted molar refractivity (Wildman–Crippen MR) is 57.7 cm³/mol. The molecule has 0 fully saturated rings. The molecule has 0 atom stereocenters. The van der Waals surface area contributed by atoms with Gasteiger partial charge in [-0.1, -0.05) is 11.6 Å². The van der Waals surface area contributed by atoms with Crippen molar-refractivity contribution in [1.29, 1.82) is 0 Å². The molecule has 1 aromatic rings. The number of rotatable bonds is 1. The molecule has 0 amide bonds. The fraction of sp³-hybridized carbons (Fsp3) is 0.333. The topological polar surface area (TPSA) is 33.4 Å². The number of allylic oxidation sites excluding steroid dienone is 1. The van der Waals surface area contributed by atoms with Crippen LogP contribution in [-0.4, -0.2) is 21.6 Å². The maximum Gasteiger partial charge on any atom is 0.127 e. The van der Waals surface area contributed by atoms with Crippen LogP contribution in [0, 0.1) is 6.92 Å². The van der Waals surface area contributed by atoms with Gasteiger partial charge in [0.1, 0.15) is 11.8 Å². The summed E-state index contributed by atoms with van der Waals surface area (Å²) in [7, 11) is 1.92. The molecule has 0 unspecified atom stereocenters. The van der Waals surface area contributed by atoms with E-state index in [9.17, 15) is 0 Å². The lowest BCUT2D eigenvalue weighted by Gasteiger charge is -2.19. The normalized spacial score (nSPS) is 15.9. The molecule has 1 aliphatic rings. The summed E-state index contributed by atoms with van der Waals surface area (Å²) in [5.74, 6) is 0. The summed E-state index contributed by atoms with van der Waals surface area (Å²) < 4.78 is 1.84. The van der Waals surface area contributed by atoms with Gasteiger partial charge in [-0.25, -0.2) is 0 Å². The van der Waals surface area contributed by atoms with Crippen LogP contribution in [0.25, 0.3) is 0 Å². The highest BCUT2D eigenvalue weighted by atomic mass is 35.5. The van der Waals surface area contributed by atoms with E-state index >= 15 is 0 Å². The van der Waals surface area contributed by atoms with Gasteiger partial charge in [0.05, 0.1) is 17.6 Å². The van der Waals surface area contributed by atoms with Crippen molar-refractivity contribution < 1.29 is 0 Å². The highest BCUT2D eigenvalue weighted by Crippen LogP contribution is 2.20. The summed E-state index contributed by atoms with van der Waals surface area (Å²) in [5, 5.41) is 4.71. The van der Waals surface area contributed by atoms with Crippen molar-refractivity contribution in [3.8, 4) is 0 Å². The van der Waals surface area contributed by atoms with Crippen LogP contribution in [-0.2, 0) is 7.05 Å². The van der Waals surface area contributed by atoms with Crippen LogP contribution in [0.5, 0.6) is 0 Å². The molecule has 74 valence electrons. The molecule has 1 aliphatic heterocycles. The van der Waals surface area contributed by atoms with E-state index in [1.165, 1.54) is 0 Å².